The fraction of sp³-hybridized carbons (Fsp3) is 0.588. The van der Waals surface area contributed by atoms with Crippen LogP contribution in [0.3, 0.4) is 0 Å². The second-order valence-corrected chi connectivity index (χ2v) is 7.68. The number of benzene rings is 1. The van der Waals surface area contributed by atoms with E-state index in [1.165, 1.54) is 18.5 Å². The zero-order valence-corrected chi connectivity index (χ0v) is 15.9. The second kappa shape index (κ2) is 8.74. The predicted octanol–water partition coefficient (Wildman–Crippen LogP) is 4.98. The lowest BCUT2D eigenvalue weighted by molar-refractivity contribution is 0.535. The van der Waals surface area contributed by atoms with Gasteiger partial charge < -0.3 is 10.6 Å². The Balaban J connectivity index is 2.92. The molecule has 1 rings (SSSR count). The largest absolute Gasteiger partial charge is 0.389 e. The number of nitrogens with zero attached hydrogens (tertiary/aromatic N) is 1. The van der Waals surface area contributed by atoms with E-state index in [2.05, 4.69) is 54.6 Å². The first-order chi connectivity index (χ1) is 9.81. The van der Waals surface area contributed by atoms with Gasteiger partial charge in [0.05, 0.1) is 5.69 Å². The van der Waals surface area contributed by atoms with E-state index < -0.39 is 0 Å². The zero-order valence-electron chi connectivity index (χ0n) is 13.5. The first kappa shape index (κ1) is 18.4. The minimum absolute atomic E-state index is 0.443. The summed E-state index contributed by atoms with van der Waals surface area (Å²) in [6, 6.07) is 6.16. The number of thiocarbonyl (C=S) groups is 1. The minimum atomic E-state index is 0.443. The number of rotatable bonds is 8. The summed E-state index contributed by atoms with van der Waals surface area (Å²) in [5.74, 6) is 1.42. The van der Waals surface area contributed by atoms with Crippen LogP contribution in [0.25, 0.3) is 0 Å². The van der Waals surface area contributed by atoms with E-state index >= 15 is 0 Å². The molecule has 4 heteroatoms. The normalized spacial score (nSPS) is 11.2. The molecular weight excluding hydrogens is 344 g/mol. The SMILES string of the molecule is CC(C)CCN(CCC(C)C)c1ccc(C(N)=S)cc1Br. The molecule has 0 radical (unpaired) electrons. The number of halogens is 1. The maximum absolute atomic E-state index is 5.70. The van der Waals surface area contributed by atoms with E-state index in [1.807, 2.05) is 12.1 Å². The van der Waals surface area contributed by atoms with E-state index in [0.717, 1.165) is 23.1 Å². The van der Waals surface area contributed by atoms with Crippen molar-refractivity contribution in [2.75, 3.05) is 18.0 Å². The lowest BCUT2D eigenvalue weighted by atomic mass is 10.1. The Labute approximate surface area is 143 Å². The second-order valence-electron chi connectivity index (χ2n) is 6.38. The molecule has 1 aromatic rings. The molecule has 0 unspecified atom stereocenters. The van der Waals surface area contributed by atoms with Crippen LogP contribution in [0.4, 0.5) is 5.69 Å². The van der Waals surface area contributed by atoms with Gasteiger partial charge in [-0.05, 0) is 58.8 Å². The summed E-state index contributed by atoms with van der Waals surface area (Å²) in [4.78, 5) is 2.91. The maximum Gasteiger partial charge on any atom is 0.104 e. The van der Waals surface area contributed by atoms with Crippen LogP contribution in [0.15, 0.2) is 22.7 Å². The highest BCUT2D eigenvalue weighted by molar-refractivity contribution is 9.10. The van der Waals surface area contributed by atoms with Crippen LogP contribution in [0, 0.1) is 11.8 Å². The Kier molecular flexibility index (Phi) is 7.67. The van der Waals surface area contributed by atoms with Gasteiger partial charge in [-0.1, -0.05) is 39.9 Å². The molecule has 0 bridgehead atoms. The summed E-state index contributed by atoms with van der Waals surface area (Å²) >= 11 is 8.72. The van der Waals surface area contributed by atoms with E-state index in [9.17, 15) is 0 Å². The van der Waals surface area contributed by atoms with Crippen molar-refractivity contribution in [3.05, 3.63) is 28.2 Å². The molecule has 118 valence electrons. The summed E-state index contributed by atoms with van der Waals surface area (Å²) in [5.41, 5.74) is 7.85. The van der Waals surface area contributed by atoms with E-state index in [0.29, 0.717) is 16.8 Å². The van der Waals surface area contributed by atoms with Gasteiger partial charge in [0, 0.05) is 23.1 Å². The highest BCUT2D eigenvalue weighted by Gasteiger charge is 2.12. The lowest BCUT2D eigenvalue weighted by Crippen LogP contribution is -2.28. The molecule has 0 aliphatic carbocycles. The van der Waals surface area contributed by atoms with Crippen LogP contribution in [0.1, 0.15) is 46.1 Å². The van der Waals surface area contributed by atoms with Crippen LogP contribution in [0.5, 0.6) is 0 Å². The van der Waals surface area contributed by atoms with Gasteiger partial charge in [0.15, 0.2) is 0 Å². The minimum Gasteiger partial charge on any atom is -0.389 e. The lowest BCUT2D eigenvalue weighted by Gasteiger charge is -2.28. The topological polar surface area (TPSA) is 29.3 Å². The number of nitrogens with two attached hydrogens (primary N) is 1. The van der Waals surface area contributed by atoms with Crippen molar-refractivity contribution in [3.63, 3.8) is 0 Å². The monoisotopic (exact) mass is 370 g/mol. The summed E-state index contributed by atoms with van der Waals surface area (Å²) in [6.45, 7) is 11.2. The third-order valence-electron chi connectivity index (χ3n) is 3.53. The van der Waals surface area contributed by atoms with Crippen molar-refractivity contribution in [2.24, 2.45) is 17.6 Å². The Morgan fingerprint density at radius 1 is 1.14 bits per heavy atom. The van der Waals surface area contributed by atoms with Crippen molar-refractivity contribution in [3.8, 4) is 0 Å². The molecule has 0 amide bonds. The average molecular weight is 371 g/mol. The molecule has 21 heavy (non-hydrogen) atoms. The van der Waals surface area contributed by atoms with Crippen molar-refractivity contribution < 1.29 is 0 Å². The molecule has 0 saturated heterocycles. The Morgan fingerprint density at radius 3 is 2.05 bits per heavy atom. The summed E-state index contributed by atoms with van der Waals surface area (Å²) in [7, 11) is 0. The van der Waals surface area contributed by atoms with E-state index in [4.69, 9.17) is 18.0 Å². The first-order valence-corrected chi connectivity index (χ1v) is 8.85. The van der Waals surface area contributed by atoms with Gasteiger partial charge in [0.2, 0.25) is 0 Å². The average Bonchev–Trinajstić information content (AvgIpc) is 2.38. The summed E-state index contributed by atoms with van der Waals surface area (Å²) in [5, 5.41) is 0. The molecule has 0 heterocycles. The maximum atomic E-state index is 5.70. The third-order valence-corrected chi connectivity index (χ3v) is 4.40. The van der Waals surface area contributed by atoms with Crippen LogP contribution < -0.4 is 10.6 Å². The Bertz CT molecular complexity index is 460. The molecule has 2 nitrogen and oxygen atoms in total. The van der Waals surface area contributed by atoms with Gasteiger partial charge in [0.1, 0.15) is 4.99 Å². The van der Waals surface area contributed by atoms with Gasteiger partial charge in [0.25, 0.3) is 0 Å². The molecule has 1 aromatic carbocycles. The van der Waals surface area contributed by atoms with Crippen molar-refractivity contribution >= 4 is 38.8 Å². The van der Waals surface area contributed by atoms with Gasteiger partial charge in [-0.25, -0.2) is 0 Å². The van der Waals surface area contributed by atoms with Crippen LogP contribution >= 0.6 is 28.1 Å². The Morgan fingerprint density at radius 2 is 1.67 bits per heavy atom. The molecule has 0 atom stereocenters. The third kappa shape index (κ3) is 6.35. The van der Waals surface area contributed by atoms with Crippen molar-refractivity contribution in [2.45, 2.75) is 40.5 Å². The first-order valence-electron chi connectivity index (χ1n) is 7.65. The van der Waals surface area contributed by atoms with E-state index in [1.54, 1.807) is 0 Å². The van der Waals surface area contributed by atoms with Crippen molar-refractivity contribution in [1.29, 1.82) is 0 Å². The smallest absolute Gasteiger partial charge is 0.104 e. The molecule has 2 N–H and O–H groups in total. The number of hydrogen-bond donors (Lipinski definition) is 1. The van der Waals surface area contributed by atoms with Gasteiger partial charge in [-0.15, -0.1) is 0 Å². The highest BCUT2D eigenvalue weighted by Crippen LogP contribution is 2.28. The molecule has 0 spiro atoms. The standard InChI is InChI=1S/C17H27BrN2S/c1-12(2)7-9-20(10-8-13(3)4)16-6-5-14(17(19)21)11-15(16)18/h5-6,11-13H,7-10H2,1-4H3,(H2,19,21). The van der Waals surface area contributed by atoms with Gasteiger partial charge in [-0.2, -0.15) is 0 Å². The van der Waals surface area contributed by atoms with Gasteiger partial charge >= 0.3 is 0 Å². The van der Waals surface area contributed by atoms with E-state index in [-0.39, 0.29) is 0 Å². The Hall–Kier alpha value is -0.610. The van der Waals surface area contributed by atoms with Crippen LogP contribution in [-0.4, -0.2) is 18.1 Å². The summed E-state index contributed by atoms with van der Waals surface area (Å²) < 4.78 is 1.07. The number of hydrogen-bond acceptors (Lipinski definition) is 2. The fourth-order valence-electron chi connectivity index (χ4n) is 2.10. The highest BCUT2D eigenvalue weighted by atomic mass is 79.9. The number of anilines is 1. The molecule has 0 aliphatic rings. The molecule has 0 fully saturated rings. The summed E-state index contributed by atoms with van der Waals surface area (Å²) in [6.07, 6.45) is 2.39. The van der Waals surface area contributed by atoms with Gasteiger partial charge in [-0.3, -0.25) is 0 Å². The van der Waals surface area contributed by atoms with Crippen LogP contribution in [0.2, 0.25) is 0 Å². The van der Waals surface area contributed by atoms with Crippen LogP contribution in [-0.2, 0) is 0 Å². The molecule has 0 aromatic heterocycles. The predicted molar refractivity (Wildman–Crippen MR) is 101 cm³/mol. The van der Waals surface area contributed by atoms with Crippen molar-refractivity contribution in [1.82, 2.24) is 0 Å². The molecule has 0 aliphatic heterocycles. The molecular formula is C17H27BrN2S. The molecule has 0 saturated carbocycles. The quantitative estimate of drug-likeness (QED) is 0.654. The fourth-order valence-corrected chi connectivity index (χ4v) is 2.85. The zero-order chi connectivity index (χ0) is 16.0.